The highest BCUT2D eigenvalue weighted by Crippen LogP contribution is 2.30. The zero-order valence-corrected chi connectivity index (χ0v) is 14.5. The summed E-state index contributed by atoms with van der Waals surface area (Å²) >= 11 is 0. The maximum absolute atomic E-state index is 11.5. The predicted octanol–water partition coefficient (Wildman–Crippen LogP) is 3.36. The number of carboxylic acid groups (broad SMARTS) is 1. The second-order valence-electron chi connectivity index (χ2n) is 6.06. The number of nitrogens with zero attached hydrogens (tertiary/aromatic N) is 1. The third kappa shape index (κ3) is 4.92. The Morgan fingerprint density at radius 3 is 2.71 bits per heavy atom. The summed E-state index contributed by atoms with van der Waals surface area (Å²) in [6, 6.07) is 5.23. The van der Waals surface area contributed by atoms with Crippen LogP contribution in [0.4, 0.5) is 0 Å². The van der Waals surface area contributed by atoms with Gasteiger partial charge in [-0.25, -0.2) is 4.98 Å². The van der Waals surface area contributed by atoms with Crippen molar-refractivity contribution in [3.8, 4) is 5.88 Å². The first kappa shape index (κ1) is 18.7. The molecule has 1 N–H and O–H groups in total. The highest BCUT2D eigenvalue weighted by atomic mass is 16.7. The van der Waals surface area contributed by atoms with E-state index in [1.54, 1.807) is 18.2 Å². The molecule has 1 unspecified atom stereocenters. The first-order valence-electron chi connectivity index (χ1n) is 8.62. The largest absolute Gasteiger partial charge is 0.481 e. The molecule has 6 nitrogen and oxygen atoms in total. The Morgan fingerprint density at radius 1 is 1.33 bits per heavy atom. The topological polar surface area (TPSA) is 77.9 Å². The van der Waals surface area contributed by atoms with Gasteiger partial charge >= 0.3 is 5.97 Å². The Labute approximate surface area is 143 Å². The minimum atomic E-state index is -0.844. The molecule has 1 fully saturated rings. The van der Waals surface area contributed by atoms with E-state index in [1.807, 2.05) is 0 Å². The van der Waals surface area contributed by atoms with E-state index in [-0.39, 0.29) is 0 Å². The Morgan fingerprint density at radius 2 is 2.08 bits per heavy atom. The fourth-order valence-electron chi connectivity index (χ4n) is 3.08. The van der Waals surface area contributed by atoms with Gasteiger partial charge in [-0.15, -0.1) is 0 Å². The van der Waals surface area contributed by atoms with Crippen molar-refractivity contribution in [2.24, 2.45) is 0 Å². The molecular formula is C18H27NO5. The van der Waals surface area contributed by atoms with E-state index in [2.05, 4.69) is 11.9 Å². The second kappa shape index (κ2) is 8.99. The summed E-state index contributed by atoms with van der Waals surface area (Å²) in [6.07, 6.45) is 5.01. The first-order chi connectivity index (χ1) is 11.6. The molecule has 1 aromatic heterocycles. The lowest BCUT2D eigenvalue weighted by Gasteiger charge is -2.25. The van der Waals surface area contributed by atoms with Gasteiger partial charge in [0.2, 0.25) is 5.88 Å². The van der Waals surface area contributed by atoms with Crippen molar-refractivity contribution in [2.45, 2.75) is 57.2 Å². The average molecular weight is 337 g/mol. The number of pyridine rings is 1. The van der Waals surface area contributed by atoms with E-state index in [9.17, 15) is 9.90 Å². The molecule has 1 aliphatic rings. The van der Waals surface area contributed by atoms with Crippen molar-refractivity contribution in [3.63, 3.8) is 0 Å². The molecule has 0 amide bonds. The molecule has 0 aliphatic carbocycles. The van der Waals surface area contributed by atoms with Crippen LogP contribution in [0.1, 0.15) is 57.1 Å². The lowest BCUT2D eigenvalue weighted by atomic mass is 9.96. The summed E-state index contributed by atoms with van der Waals surface area (Å²) in [6.45, 7) is 3.40. The van der Waals surface area contributed by atoms with Gasteiger partial charge in [-0.1, -0.05) is 25.8 Å². The standard InChI is InChI=1S/C18H27NO5/c1-3-18(23-12-13-24-18)11-6-4-5-8-14(17(20)21)15-9-7-10-16(19-15)22-2/h7,9-10,14H,3-6,8,11-13H2,1-2H3,(H,20,21). The van der Waals surface area contributed by atoms with Gasteiger partial charge in [0.25, 0.3) is 0 Å². The Hall–Kier alpha value is -1.66. The molecule has 1 aliphatic heterocycles. The van der Waals surface area contributed by atoms with Gasteiger partial charge in [0.1, 0.15) is 0 Å². The van der Waals surface area contributed by atoms with Gasteiger partial charge in [0.05, 0.1) is 31.9 Å². The lowest BCUT2D eigenvalue weighted by Crippen LogP contribution is -2.28. The van der Waals surface area contributed by atoms with E-state index < -0.39 is 17.7 Å². The van der Waals surface area contributed by atoms with E-state index in [1.165, 1.54) is 7.11 Å². The van der Waals surface area contributed by atoms with Crippen LogP contribution in [0.15, 0.2) is 18.2 Å². The van der Waals surface area contributed by atoms with Crippen molar-refractivity contribution < 1.29 is 24.1 Å². The zero-order chi connectivity index (χ0) is 17.4. The summed E-state index contributed by atoms with van der Waals surface area (Å²) in [5, 5.41) is 9.48. The highest BCUT2D eigenvalue weighted by Gasteiger charge is 2.33. The number of carbonyl (C=O) groups is 1. The SMILES string of the molecule is CCC1(CCCCCC(C(=O)O)c2cccc(OC)n2)OCCO1. The summed E-state index contributed by atoms with van der Waals surface area (Å²) in [5.41, 5.74) is 0.550. The van der Waals surface area contributed by atoms with Crippen molar-refractivity contribution in [1.29, 1.82) is 0 Å². The van der Waals surface area contributed by atoms with Gasteiger partial charge in [-0.2, -0.15) is 0 Å². The van der Waals surface area contributed by atoms with Crippen molar-refractivity contribution >= 4 is 5.97 Å². The van der Waals surface area contributed by atoms with Gasteiger partial charge < -0.3 is 19.3 Å². The molecule has 0 aromatic carbocycles. The molecule has 24 heavy (non-hydrogen) atoms. The number of carboxylic acids is 1. The molecule has 134 valence electrons. The Balaban J connectivity index is 1.80. The van der Waals surface area contributed by atoms with E-state index in [4.69, 9.17) is 14.2 Å². The van der Waals surface area contributed by atoms with Crippen molar-refractivity contribution in [3.05, 3.63) is 23.9 Å². The minimum Gasteiger partial charge on any atom is -0.481 e. The van der Waals surface area contributed by atoms with Crippen LogP contribution in [0.3, 0.4) is 0 Å². The van der Waals surface area contributed by atoms with Crippen LogP contribution in [-0.4, -0.2) is 42.2 Å². The molecule has 0 bridgehead atoms. The number of aliphatic carboxylic acids is 1. The molecule has 1 atom stereocenters. The Kier molecular flexibility index (Phi) is 6.99. The number of hydrogen-bond acceptors (Lipinski definition) is 5. The number of ether oxygens (including phenoxy) is 3. The molecule has 2 rings (SSSR count). The molecule has 1 saturated heterocycles. The van der Waals surface area contributed by atoms with Crippen molar-refractivity contribution in [2.75, 3.05) is 20.3 Å². The molecule has 0 radical (unpaired) electrons. The minimum absolute atomic E-state index is 0.416. The average Bonchev–Trinajstić information content (AvgIpc) is 3.07. The second-order valence-corrected chi connectivity index (χ2v) is 6.06. The number of unbranched alkanes of at least 4 members (excludes halogenated alkanes) is 2. The molecule has 0 spiro atoms. The van der Waals surface area contributed by atoms with Crippen LogP contribution in [0.5, 0.6) is 5.88 Å². The third-order valence-electron chi connectivity index (χ3n) is 4.51. The highest BCUT2D eigenvalue weighted by molar-refractivity contribution is 5.75. The summed E-state index contributed by atoms with van der Waals surface area (Å²) in [5.74, 6) is -1.41. The quantitative estimate of drug-likeness (QED) is 0.660. The van der Waals surface area contributed by atoms with Gasteiger partial charge in [0.15, 0.2) is 5.79 Å². The predicted molar refractivity (Wildman–Crippen MR) is 89.2 cm³/mol. The van der Waals surface area contributed by atoms with Gasteiger partial charge in [-0.3, -0.25) is 4.79 Å². The number of hydrogen-bond donors (Lipinski definition) is 1. The number of aromatic nitrogens is 1. The Bertz CT molecular complexity index is 528. The smallest absolute Gasteiger partial charge is 0.312 e. The molecule has 0 saturated carbocycles. The van der Waals surface area contributed by atoms with Crippen molar-refractivity contribution in [1.82, 2.24) is 4.98 Å². The van der Waals surface area contributed by atoms with Crippen LogP contribution in [-0.2, 0) is 14.3 Å². The molecule has 2 heterocycles. The molecule has 1 aromatic rings. The van der Waals surface area contributed by atoms with E-state index in [0.717, 1.165) is 32.1 Å². The maximum atomic E-state index is 11.5. The third-order valence-corrected chi connectivity index (χ3v) is 4.51. The van der Waals surface area contributed by atoms with Crippen LogP contribution in [0, 0.1) is 0 Å². The van der Waals surface area contributed by atoms with Gasteiger partial charge in [-0.05, 0) is 25.3 Å². The first-order valence-corrected chi connectivity index (χ1v) is 8.62. The summed E-state index contributed by atoms with van der Waals surface area (Å²) in [7, 11) is 1.53. The fourth-order valence-corrected chi connectivity index (χ4v) is 3.08. The number of rotatable bonds is 10. The van der Waals surface area contributed by atoms with E-state index in [0.29, 0.717) is 31.2 Å². The lowest BCUT2D eigenvalue weighted by molar-refractivity contribution is -0.164. The van der Waals surface area contributed by atoms with E-state index >= 15 is 0 Å². The van der Waals surface area contributed by atoms with Crippen LogP contribution < -0.4 is 4.74 Å². The van der Waals surface area contributed by atoms with Gasteiger partial charge in [0, 0.05) is 12.5 Å². The van der Waals surface area contributed by atoms with Crippen LogP contribution in [0.2, 0.25) is 0 Å². The zero-order valence-electron chi connectivity index (χ0n) is 14.5. The summed E-state index contributed by atoms with van der Waals surface area (Å²) in [4.78, 5) is 15.8. The summed E-state index contributed by atoms with van der Waals surface area (Å²) < 4.78 is 16.5. The fraction of sp³-hybridized carbons (Fsp3) is 0.667. The maximum Gasteiger partial charge on any atom is 0.312 e. The monoisotopic (exact) mass is 337 g/mol. The number of methoxy groups -OCH3 is 1. The normalized spacial score (nSPS) is 17.6. The molecular weight excluding hydrogens is 310 g/mol. The van der Waals surface area contributed by atoms with Crippen LogP contribution >= 0.6 is 0 Å². The molecule has 6 heteroatoms. The van der Waals surface area contributed by atoms with Crippen LogP contribution in [0.25, 0.3) is 0 Å².